The van der Waals surface area contributed by atoms with Crippen LogP contribution in [0.2, 0.25) is 0 Å². The van der Waals surface area contributed by atoms with Crippen LogP contribution < -0.4 is 10.1 Å². The fraction of sp³-hybridized carbons (Fsp3) is 0.526. The summed E-state index contributed by atoms with van der Waals surface area (Å²) < 4.78 is 12.3. The number of benzene rings is 1. The number of guanidine groups is 1. The number of methoxy groups -OCH3 is 2. The molecule has 8 nitrogen and oxygen atoms in total. The lowest BCUT2D eigenvalue weighted by molar-refractivity contribution is 0.195. The Morgan fingerprint density at radius 1 is 1.22 bits per heavy atom. The van der Waals surface area contributed by atoms with E-state index in [1.54, 1.807) is 14.2 Å². The highest BCUT2D eigenvalue weighted by Gasteiger charge is 2.09. The Kier molecular flexibility index (Phi) is 8.06. The van der Waals surface area contributed by atoms with E-state index in [1.807, 2.05) is 37.7 Å². The van der Waals surface area contributed by atoms with Crippen molar-refractivity contribution >= 4 is 5.96 Å². The maximum Gasteiger partial charge on any atom is 0.194 e. The van der Waals surface area contributed by atoms with Crippen molar-refractivity contribution in [3.05, 3.63) is 41.5 Å². The monoisotopic (exact) mass is 374 g/mol. The van der Waals surface area contributed by atoms with Crippen molar-refractivity contribution in [2.24, 2.45) is 12.0 Å². The van der Waals surface area contributed by atoms with Gasteiger partial charge in [-0.2, -0.15) is 0 Å². The van der Waals surface area contributed by atoms with Crippen LogP contribution >= 0.6 is 0 Å². The van der Waals surface area contributed by atoms with Crippen LogP contribution in [-0.4, -0.2) is 60.0 Å². The second-order valence-electron chi connectivity index (χ2n) is 6.34. The van der Waals surface area contributed by atoms with E-state index >= 15 is 0 Å². The number of hydrogen-bond donors (Lipinski definition) is 1. The van der Waals surface area contributed by atoms with Gasteiger partial charge in [0.2, 0.25) is 0 Å². The Morgan fingerprint density at radius 2 is 1.96 bits per heavy atom. The molecule has 0 unspecified atom stereocenters. The molecule has 0 saturated heterocycles. The van der Waals surface area contributed by atoms with E-state index in [4.69, 9.17) is 14.5 Å². The first kappa shape index (κ1) is 20.7. The van der Waals surface area contributed by atoms with Gasteiger partial charge in [-0.05, 0) is 31.0 Å². The quantitative estimate of drug-likeness (QED) is 0.409. The van der Waals surface area contributed by atoms with Crippen molar-refractivity contribution in [1.29, 1.82) is 0 Å². The molecule has 1 aromatic carbocycles. The smallest absolute Gasteiger partial charge is 0.194 e. The molecule has 0 saturated carbocycles. The summed E-state index contributed by atoms with van der Waals surface area (Å²) >= 11 is 0. The van der Waals surface area contributed by atoms with Gasteiger partial charge < -0.3 is 24.3 Å². The molecule has 2 rings (SSSR count). The highest BCUT2D eigenvalue weighted by molar-refractivity contribution is 5.79. The van der Waals surface area contributed by atoms with Crippen molar-refractivity contribution in [2.45, 2.75) is 26.4 Å². The maximum absolute atomic E-state index is 5.22. The molecule has 0 spiro atoms. The SMILES string of the molecule is COCCCNC(=NCc1nnc(C)n1C)N(C)Cc1ccc(OC)cc1. The van der Waals surface area contributed by atoms with Crippen molar-refractivity contribution in [3.63, 3.8) is 0 Å². The second kappa shape index (κ2) is 10.5. The summed E-state index contributed by atoms with van der Waals surface area (Å²) in [5.74, 6) is 3.39. The lowest BCUT2D eigenvalue weighted by Gasteiger charge is -2.23. The molecule has 0 fully saturated rings. The topological polar surface area (TPSA) is 76.8 Å². The van der Waals surface area contributed by atoms with Crippen LogP contribution in [0, 0.1) is 6.92 Å². The normalized spacial score (nSPS) is 11.5. The minimum Gasteiger partial charge on any atom is -0.497 e. The first-order chi connectivity index (χ1) is 13.0. The number of aryl methyl sites for hydroxylation is 1. The summed E-state index contributed by atoms with van der Waals surface area (Å²) in [5, 5.41) is 11.7. The van der Waals surface area contributed by atoms with E-state index < -0.39 is 0 Å². The van der Waals surface area contributed by atoms with Crippen molar-refractivity contribution in [1.82, 2.24) is 25.0 Å². The number of rotatable bonds is 9. The Labute approximate surface area is 161 Å². The Balaban J connectivity index is 2.06. The number of ether oxygens (including phenoxy) is 2. The predicted molar refractivity (Wildman–Crippen MR) is 106 cm³/mol. The molecule has 0 radical (unpaired) electrons. The lowest BCUT2D eigenvalue weighted by atomic mass is 10.2. The van der Waals surface area contributed by atoms with Crippen LogP contribution in [0.5, 0.6) is 5.75 Å². The van der Waals surface area contributed by atoms with E-state index in [0.717, 1.165) is 42.9 Å². The van der Waals surface area contributed by atoms with Gasteiger partial charge in [0.1, 0.15) is 18.1 Å². The molecule has 0 amide bonds. The molecule has 0 aliphatic heterocycles. The van der Waals surface area contributed by atoms with Gasteiger partial charge in [-0.25, -0.2) is 4.99 Å². The third kappa shape index (κ3) is 6.25. The standard InChI is InChI=1S/C19H30N6O2/c1-15-22-23-18(25(15)3)13-21-19(20-11-6-12-26-4)24(2)14-16-7-9-17(27-5)10-8-16/h7-10H,6,11-14H2,1-5H3,(H,20,21). The van der Waals surface area contributed by atoms with Crippen molar-refractivity contribution < 1.29 is 9.47 Å². The van der Waals surface area contributed by atoms with E-state index in [1.165, 1.54) is 5.56 Å². The molecule has 148 valence electrons. The molecular weight excluding hydrogens is 344 g/mol. The highest BCUT2D eigenvalue weighted by atomic mass is 16.5. The highest BCUT2D eigenvalue weighted by Crippen LogP contribution is 2.12. The molecule has 27 heavy (non-hydrogen) atoms. The summed E-state index contributed by atoms with van der Waals surface area (Å²) in [6.45, 7) is 4.64. The summed E-state index contributed by atoms with van der Waals surface area (Å²) in [6, 6.07) is 8.05. The first-order valence-electron chi connectivity index (χ1n) is 9.01. The average Bonchev–Trinajstić information content (AvgIpc) is 3.00. The van der Waals surface area contributed by atoms with Crippen LogP contribution in [0.3, 0.4) is 0 Å². The largest absolute Gasteiger partial charge is 0.497 e. The van der Waals surface area contributed by atoms with Gasteiger partial charge in [0, 0.05) is 40.9 Å². The number of aliphatic imine (C=N–C) groups is 1. The molecule has 0 bridgehead atoms. The number of aromatic nitrogens is 3. The van der Waals surface area contributed by atoms with Crippen LogP contribution in [-0.2, 0) is 24.9 Å². The molecular formula is C19H30N6O2. The molecule has 8 heteroatoms. The van der Waals surface area contributed by atoms with E-state index in [-0.39, 0.29) is 0 Å². The van der Waals surface area contributed by atoms with E-state index in [9.17, 15) is 0 Å². The van der Waals surface area contributed by atoms with Gasteiger partial charge in [-0.1, -0.05) is 12.1 Å². The first-order valence-corrected chi connectivity index (χ1v) is 9.01. The number of nitrogens with one attached hydrogen (secondary N) is 1. The van der Waals surface area contributed by atoms with Crippen molar-refractivity contribution in [2.75, 3.05) is 34.4 Å². The van der Waals surface area contributed by atoms with Crippen LogP contribution in [0.15, 0.2) is 29.3 Å². The Morgan fingerprint density at radius 3 is 2.56 bits per heavy atom. The minimum atomic E-state index is 0.469. The summed E-state index contributed by atoms with van der Waals surface area (Å²) in [5.41, 5.74) is 1.18. The fourth-order valence-electron chi connectivity index (χ4n) is 2.54. The lowest BCUT2D eigenvalue weighted by Crippen LogP contribution is -2.39. The van der Waals surface area contributed by atoms with Gasteiger partial charge >= 0.3 is 0 Å². The van der Waals surface area contributed by atoms with Crippen LogP contribution in [0.1, 0.15) is 23.6 Å². The molecule has 1 heterocycles. The minimum absolute atomic E-state index is 0.469. The molecule has 0 atom stereocenters. The maximum atomic E-state index is 5.22. The zero-order valence-electron chi connectivity index (χ0n) is 16.9. The van der Waals surface area contributed by atoms with Crippen LogP contribution in [0.4, 0.5) is 0 Å². The summed E-state index contributed by atoms with van der Waals surface area (Å²) in [6.07, 6.45) is 0.912. The van der Waals surface area contributed by atoms with Gasteiger partial charge in [0.05, 0.1) is 7.11 Å². The van der Waals surface area contributed by atoms with Gasteiger partial charge in [0.25, 0.3) is 0 Å². The third-order valence-electron chi connectivity index (χ3n) is 4.30. The molecule has 1 aromatic heterocycles. The Hall–Kier alpha value is -2.61. The van der Waals surface area contributed by atoms with Crippen molar-refractivity contribution in [3.8, 4) is 5.75 Å². The third-order valence-corrected chi connectivity index (χ3v) is 4.30. The number of nitrogens with zero attached hydrogens (tertiary/aromatic N) is 5. The molecule has 0 aliphatic rings. The van der Waals surface area contributed by atoms with E-state index in [2.05, 4.69) is 32.5 Å². The van der Waals surface area contributed by atoms with Gasteiger partial charge in [0.15, 0.2) is 11.8 Å². The molecule has 1 N–H and O–H groups in total. The number of hydrogen-bond acceptors (Lipinski definition) is 5. The zero-order valence-corrected chi connectivity index (χ0v) is 16.9. The zero-order chi connectivity index (χ0) is 19.6. The predicted octanol–water partition coefficient (Wildman–Crippen LogP) is 1.75. The van der Waals surface area contributed by atoms with Gasteiger partial charge in [-0.3, -0.25) is 0 Å². The summed E-state index contributed by atoms with van der Waals surface area (Å²) in [4.78, 5) is 6.83. The molecule has 0 aliphatic carbocycles. The average molecular weight is 374 g/mol. The molecule has 2 aromatic rings. The van der Waals surface area contributed by atoms with E-state index in [0.29, 0.717) is 13.2 Å². The second-order valence-corrected chi connectivity index (χ2v) is 6.34. The summed E-state index contributed by atoms with van der Waals surface area (Å²) in [7, 11) is 7.35. The van der Waals surface area contributed by atoms with Gasteiger partial charge in [-0.15, -0.1) is 10.2 Å². The Bertz CT molecular complexity index is 726. The fourth-order valence-corrected chi connectivity index (χ4v) is 2.54. The van der Waals surface area contributed by atoms with Crippen LogP contribution in [0.25, 0.3) is 0 Å².